The van der Waals surface area contributed by atoms with Crippen molar-refractivity contribution in [2.75, 3.05) is 13.1 Å². The summed E-state index contributed by atoms with van der Waals surface area (Å²) in [5, 5.41) is 17.0. The lowest BCUT2D eigenvalue weighted by atomic mass is 9.52. The highest BCUT2D eigenvalue weighted by molar-refractivity contribution is 5.08. The number of hydrogen-bond donors (Lipinski definition) is 3. The third-order valence-electron chi connectivity index (χ3n) is 6.04. The predicted octanol–water partition coefficient (Wildman–Crippen LogP) is 1.51. The molecule has 1 aliphatic heterocycles. The van der Waals surface area contributed by atoms with Gasteiger partial charge in [0.05, 0.1) is 12.1 Å². The number of halogens is 2. The zero-order chi connectivity index (χ0) is 14.0. The molecule has 0 spiro atoms. The summed E-state index contributed by atoms with van der Waals surface area (Å²) in [6, 6.07) is 0.327. The van der Waals surface area contributed by atoms with Crippen molar-refractivity contribution >= 4 is 0 Å². The molecule has 3 N–H and O–H groups in total. The lowest BCUT2D eigenvalue weighted by molar-refractivity contribution is -0.138. The Morgan fingerprint density at radius 2 is 1.80 bits per heavy atom. The zero-order valence-corrected chi connectivity index (χ0v) is 11.7. The van der Waals surface area contributed by atoms with E-state index in [0.717, 1.165) is 19.3 Å². The van der Waals surface area contributed by atoms with Crippen molar-refractivity contribution in [2.45, 2.75) is 62.1 Å². The van der Waals surface area contributed by atoms with E-state index >= 15 is 0 Å². The maximum atomic E-state index is 13.2. The van der Waals surface area contributed by atoms with E-state index < -0.39 is 11.5 Å². The van der Waals surface area contributed by atoms with E-state index in [4.69, 9.17) is 0 Å². The molecule has 1 saturated heterocycles. The Bertz CT molecular complexity index is 387. The number of rotatable bonds is 3. The molecule has 20 heavy (non-hydrogen) atoms. The van der Waals surface area contributed by atoms with Crippen LogP contribution in [0.3, 0.4) is 0 Å². The summed E-state index contributed by atoms with van der Waals surface area (Å²) in [4.78, 5) is 0. The summed E-state index contributed by atoms with van der Waals surface area (Å²) in [6.07, 6.45) is 5.19. The average Bonchev–Trinajstić information content (AvgIpc) is 2.66. The molecule has 1 heterocycles. The summed E-state index contributed by atoms with van der Waals surface area (Å²) in [6.45, 7) is 0.453. The van der Waals surface area contributed by atoms with E-state index in [0.29, 0.717) is 30.3 Å². The quantitative estimate of drug-likeness (QED) is 0.737. The highest BCUT2D eigenvalue weighted by atomic mass is 19.3. The number of alkyl halides is 2. The molecule has 2 unspecified atom stereocenters. The van der Waals surface area contributed by atoms with E-state index in [1.165, 1.54) is 12.8 Å². The van der Waals surface area contributed by atoms with Crippen molar-refractivity contribution in [1.29, 1.82) is 0 Å². The van der Waals surface area contributed by atoms with Crippen LogP contribution in [0.25, 0.3) is 0 Å². The van der Waals surface area contributed by atoms with Gasteiger partial charge in [-0.25, -0.2) is 8.78 Å². The maximum absolute atomic E-state index is 13.2. The van der Waals surface area contributed by atoms with Gasteiger partial charge in [0.2, 0.25) is 0 Å². The Labute approximate surface area is 118 Å². The molecule has 114 valence electrons. The van der Waals surface area contributed by atoms with E-state index in [-0.39, 0.29) is 19.0 Å². The van der Waals surface area contributed by atoms with Gasteiger partial charge in [-0.1, -0.05) is 0 Å². The standard InChI is InChI=1S/C15H24F2N2O/c16-15(17)6-12(19-8-15)7-18-13-10-1-9-2-11(13)5-14(20,3-9)4-10/h9-13,18-20H,1-8H2/t9?,10?,11?,12-,13?,14?/m0/s1. The molecule has 5 rings (SSSR count). The fourth-order valence-electron chi connectivity index (χ4n) is 5.54. The molecule has 4 aliphatic carbocycles. The minimum Gasteiger partial charge on any atom is -0.390 e. The summed E-state index contributed by atoms with van der Waals surface area (Å²) in [7, 11) is 0. The van der Waals surface area contributed by atoms with Gasteiger partial charge in [-0.05, 0) is 49.9 Å². The Hall–Kier alpha value is -0.260. The molecule has 4 bridgehead atoms. The van der Waals surface area contributed by atoms with Crippen LogP contribution in [0.1, 0.15) is 38.5 Å². The van der Waals surface area contributed by atoms with Crippen LogP contribution in [0.5, 0.6) is 0 Å². The highest BCUT2D eigenvalue weighted by Gasteiger charge is 2.54. The normalized spacial score (nSPS) is 52.6. The van der Waals surface area contributed by atoms with Crippen LogP contribution < -0.4 is 10.6 Å². The Kier molecular flexibility index (Phi) is 2.93. The molecule has 5 heteroatoms. The fourth-order valence-corrected chi connectivity index (χ4v) is 5.54. The van der Waals surface area contributed by atoms with Gasteiger partial charge >= 0.3 is 0 Å². The van der Waals surface area contributed by atoms with E-state index in [1.807, 2.05) is 0 Å². The molecule has 3 nitrogen and oxygen atoms in total. The largest absolute Gasteiger partial charge is 0.390 e. The van der Waals surface area contributed by atoms with E-state index in [2.05, 4.69) is 10.6 Å². The van der Waals surface area contributed by atoms with Gasteiger partial charge in [0, 0.05) is 25.0 Å². The average molecular weight is 286 g/mol. The second-order valence-corrected chi connectivity index (χ2v) is 7.77. The smallest absolute Gasteiger partial charge is 0.261 e. The first-order chi connectivity index (χ1) is 9.43. The van der Waals surface area contributed by atoms with Gasteiger partial charge in [-0.15, -0.1) is 0 Å². The van der Waals surface area contributed by atoms with Gasteiger partial charge in [0.15, 0.2) is 0 Å². The second-order valence-electron chi connectivity index (χ2n) is 7.77. The third kappa shape index (κ3) is 2.28. The summed E-state index contributed by atoms with van der Waals surface area (Å²) >= 11 is 0. The van der Waals surface area contributed by atoms with Crippen LogP contribution in [0.2, 0.25) is 0 Å². The first-order valence-corrected chi connectivity index (χ1v) is 7.99. The minimum atomic E-state index is -2.54. The molecule has 5 aliphatic rings. The van der Waals surface area contributed by atoms with Gasteiger partial charge in [-0.3, -0.25) is 0 Å². The Balaban J connectivity index is 1.36. The van der Waals surface area contributed by atoms with Crippen LogP contribution in [0.15, 0.2) is 0 Å². The van der Waals surface area contributed by atoms with Gasteiger partial charge in [-0.2, -0.15) is 0 Å². The summed E-state index contributed by atoms with van der Waals surface area (Å²) in [5.74, 6) is -0.739. The molecule has 4 saturated carbocycles. The molecule has 0 amide bonds. The Morgan fingerprint density at radius 1 is 1.10 bits per heavy atom. The first kappa shape index (κ1) is 13.4. The van der Waals surface area contributed by atoms with Gasteiger partial charge < -0.3 is 15.7 Å². The second kappa shape index (κ2) is 4.37. The monoisotopic (exact) mass is 286 g/mol. The van der Waals surface area contributed by atoms with Crippen LogP contribution in [0.4, 0.5) is 8.78 Å². The highest BCUT2D eigenvalue weighted by Crippen LogP contribution is 2.55. The molecule has 5 fully saturated rings. The van der Waals surface area contributed by atoms with Crippen LogP contribution in [-0.2, 0) is 0 Å². The lowest BCUT2D eigenvalue weighted by Gasteiger charge is -2.58. The molecular formula is C15H24F2N2O. The van der Waals surface area contributed by atoms with Crippen molar-refractivity contribution in [3.8, 4) is 0 Å². The number of aliphatic hydroxyl groups is 1. The molecule has 0 aromatic rings. The van der Waals surface area contributed by atoms with Crippen molar-refractivity contribution in [2.24, 2.45) is 17.8 Å². The third-order valence-corrected chi connectivity index (χ3v) is 6.04. The molecule has 0 radical (unpaired) electrons. The topological polar surface area (TPSA) is 44.3 Å². The first-order valence-electron chi connectivity index (χ1n) is 7.99. The maximum Gasteiger partial charge on any atom is 0.261 e. The number of nitrogens with one attached hydrogen (secondary N) is 2. The van der Waals surface area contributed by atoms with Crippen molar-refractivity contribution in [3.63, 3.8) is 0 Å². The predicted molar refractivity (Wildman–Crippen MR) is 71.7 cm³/mol. The van der Waals surface area contributed by atoms with E-state index in [1.54, 1.807) is 0 Å². The zero-order valence-electron chi connectivity index (χ0n) is 11.7. The Morgan fingerprint density at radius 3 is 2.35 bits per heavy atom. The number of hydrogen-bond acceptors (Lipinski definition) is 3. The SMILES string of the molecule is OC12CC3CC(C1)C(NC[C@@H]1CC(F)(F)CN1)C(C3)C2. The van der Waals surface area contributed by atoms with Crippen LogP contribution >= 0.6 is 0 Å². The molecule has 0 aromatic carbocycles. The van der Waals surface area contributed by atoms with Crippen LogP contribution in [-0.4, -0.2) is 41.8 Å². The van der Waals surface area contributed by atoms with Crippen molar-refractivity contribution < 1.29 is 13.9 Å². The summed E-state index contributed by atoms with van der Waals surface area (Å²) < 4.78 is 26.3. The molecule has 0 aromatic heterocycles. The van der Waals surface area contributed by atoms with Gasteiger partial charge in [0.1, 0.15) is 0 Å². The van der Waals surface area contributed by atoms with Gasteiger partial charge in [0.25, 0.3) is 5.92 Å². The van der Waals surface area contributed by atoms with Crippen LogP contribution in [0, 0.1) is 17.8 Å². The summed E-state index contributed by atoms with van der Waals surface area (Å²) in [5.41, 5.74) is -0.409. The van der Waals surface area contributed by atoms with E-state index in [9.17, 15) is 13.9 Å². The molecule has 3 atom stereocenters. The lowest BCUT2D eigenvalue weighted by Crippen LogP contribution is -2.61. The molecular weight excluding hydrogens is 262 g/mol. The minimum absolute atomic E-state index is 0.0470. The fraction of sp³-hybridized carbons (Fsp3) is 1.00. The van der Waals surface area contributed by atoms with Crippen molar-refractivity contribution in [3.05, 3.63) is 0 Å². The van der Waals surface area contributed by atoms with Crippen molar-refractivity contribution in [1.82, 2.24) is 10.6 Å².